The molecule has 2 aromatic carbocycles. The lowest BCUT2D eigenvalue weighted by Crippen LogP contribution is -1.94. The van der Waals surface area contributed by atoms with Gasteiger partial charge in [-0.05, 0) is 42.5 Å². The van der Waals surface area contributed by atoms with E-state index in [0.29, 0.717) is 22.9 Å². The molecule has 1 radical (unpaired) electrons. The van der Waals surface area contributed by atoms with Gasteiger partial charge in [0.15, 0.2) is 0 Å². The van der Waals surface area contributed by atoms with Crippen molar-refractivity contribution in [2.24, 2.45) is 0 Å². The van der Waals surface area contributed by atoms with Crippen LogP contribution in [-0.4, -0.2) is 6.29 Å². The van der Waals surface area contributed by atoms with Gasteiger partial charge >= 0.3 is 0 Å². The zero-order valence-corrected chi connectivity index (χ0v) is 9.01. The zero-order chi connectivity index (χ0) is 12.3. The van der Waals surface area contributed by atoms with Crippen LogP contribution in [0.1, 0.15) is 5.56 Å². The Morgan fingerprint density at radius 2 is 1.59 bits per heavy atom. The number of nitrogen functional groups attached to an aromatic ring is 2. The summed E-state index contributed by atoms with van der Waals surface area (Å²) >= 11 is 0. The first-order valence-corrected chi connectivity index (χ1v) is 5.00. The van der Waals surface area contributed by atoms with E-state index in [1.165, 1.54) is 0 Å². The molecule has 0 fully saturated rings. The fourth-order valence-electron chi connectivity index (χ4n) is 1.36. The Morgan fingerprint density at radius 1 is 0.941 bits per heavy atom. The van der Waals surface area contributed by atoms with Crippen molar-refractivity contribution in [3.05, 3.63) is 48.0 Å². The Bertz CT molecular complexity index is 536. The molecule has 0 aliphatic carbocycles. The molecule has 4 heteroatoms. The number of carbonyl (C=O) groups excluding carboxylic acids is 1. The topological polar surface area (TPSA) is 78.3 Å². The standard InChI is InChI=1S/C13H11N2O2/c14-10-1-3-11(4-2-10)17-12-5-6-13(15)9(7-12)8-16/h1-7H,14-15H2. The van der Waals surface area contributed by atoms with E-state index in [-0.39, 0.29) is 5.56 Å². The molecular weight excluding hydrogens is 216 g/mol. The third-order valence-corrected chi connectivity index (χ3v) is 2.25. The van der Waals surface area contributed by atoms with Gasteiger partial charge in [-0.3, -0.25) is 4.79 Å². The van der Waals surface area contributed by atoms with E-state index in [1.807, 2.05) is 0 Å². The monoisotopic (exact) mass is 227 g/mol. The summed E-state index contributed by atoms with van der Waals surface area (Å²) in [5, 5.41) is 0. The minimum absolute atomic E-state index is 0.290. The molecule has 0 atom stereocenters. The minimum Gasteiger partial charge on any atom is -0.457 e. The molecule has 0 aliphatic heterocycles. The number of hydrogen-bond donors (Lipinski definition) is 2. The summed E-state index contributed by atoms with van der Waals surface area (Å²) < 4.78 is 5.54. The summed E-state index contributed by atoms with van der Waals surface area (Å²) in [5.74, 6) is 1.17. The SMILES string of the molecule is Nc1ccc(Oc2ccc(N)c([C]=O)c2)cc1. The Balaban J connectivity index is 2.24. The van der Waals surface area contributed by atoms with Crippen LogP contribution < -0.4 is 16.2 Å². The highest BCUT2D eigenvalue weighted by Crippen LogP contribution is 2.24. The number of hydrogen-bond acceptors (Lipinski definition) is 4. The number of nitrogens with two attached hydrogens (primary N) is 2. The van der Waals surface area contributed by atoms with E-state index in [2.05, 4.69) is 0 Å². The fourth-order valence-corrected chi connectivity index (χ4v) is 1.36. The van der Waals surface area contributed by atoms with Crippen molar-refractivity contribution in [3.8, 4) is 11.5 Å². The highest BCUT2D eigenvalue weighted by Gasteiger charge is 2.02. The van der Waals surface area contributed by atoms with E-state index in [4.69, 9.17) is 16.2 Å². The maximum atomic E-state index is 10.6. The molecule has 0 aliphatic rings. The van der Waals surface area contributed by atoms with Crippen molar-refractivity contribution in [3.63, 3.8) is 0 Å². The molecular formula is C13H11N2O2. The molecule has 0 unspecified atom stereocenters. The van der Waals surface area contributed by atoms with Gasteiger partial charge in [0.2, 0.25) is 6.29 Å². The van der Waals surface area contributed by atoms with Crippen molar-refractivity contribution in [1.82, 2.24) is 0 Å². The lowest BCUT2D eigenvalue weighted by Gasteiger charge is -2.07. The fraction of sp³-hybridized carbons (Fsp3) is 0. The summed E-state index contributed by atoms with van der Waals surface area (Å²) in [5.41, 5.74) is 12.5. The smallest absolute Gasteiger partial charge is 0.235 e. The Morgan fingerprint density at radius 3 is 2.24 bits per heavy atom. The van der Waals surface area contributed by atoms with Gasteiger partial charge < -0.3 is 16.2 Å². The lowest BCUT2D eigenvalue weighted by molar-refractivity contribution is 0.482. The molecule has 2 rings (SSSR count). The Hall–Kier alpha value is -2.49. The molecule has 0 spiro atoms. The van der Waals surface area contributed by atoms with Crippen LogP contribution in [0.3, 0.4) is 0 Å². The highest BCUT2D eigenvalue weighted by molar-refractivity contribution is 5.84. The van der Waals surface area contributed by atoms with Crippen LogP contribution in [0.4, 0.5) is 11.4 Å². The molecule has 0 bridgehead atoms. The van der Waals surface area contributed by atoms with Gasteiger partial charge in [-0.1, -0.05) is 0 Å². The summed E-state index contributed by atoms with van der Waals surface area (Å²) in [7, 11) is 0. The average molecular weight is 227 g/mol. The average Bonchev–Trinajstić information content (AvgIpc) is 2.34. The highest BCUT2D eigenvalue weighted by atomic mass is 16.5. The zero-order valence-electron chi connectivity index (χ0n) is 9.01. The number of benzene rings is 2. The summed E-state index contributed by atoms with van der Waals surface area (Å²) in [6.45, 7) is 0. The van der Waals surface area contributed by atoms with Crippen molar-refractivity contribution in [1.29, 1.82) is 0 Å². The van der Waals surface area contributed by atoms with Crippen LogP contribution in [0.15, 0.2) is 42.5 Å². The molecule has 0 saturated heterocycles. The van der Waals surface area contributed by atoms with Crippen molar-refractivity contribution >= 4 is 17.7 Å². The van der Waals surface area contributed by atoms with E-state index in [0.717, 1.165) is 0 Å². The van der Waals surface area contributed by atoms with Gasteiger partial charge in [0.05, 0.1) is 5.56 Å². The van der Waals surface area contributed by atoms with Crippen LogP contribution in [-0.2, 0) is 4.79 Å². The predicted molar refractivity (Wildman–Crippen MR) is 66.6 cm³/mol. The largest absolute Gasteiger partial charge is 0.457 e. The summed E-state index contributed by atoms with van der Waals surface area (Å²) in [6, 6.07) is 11.8. The first-order chi connectivity index (χ1) is 8.19. The number of rotatable bonds is 3. The predicted octanol–water partition coefficient (Wildman–Crippen LogP) is 2.10. The second-order valence-electron chi connectivity index (χ2n) is 3.52. The Labute approximate surface area is 98.8 Å². The van der Waals surface area contributed by atoms with Gasteiger partial charge in [0, 0.05) is 11.4 Å². The molecule has 0 aromatic heterocycles. The van der Waals surface area contributed by atoms with Crippen LogP contribution in [0.25, 0.3) is 0 Å². The van der Waals surface area contributed by atoms with Gasteiger partial charge in [-0.15, -0.1) is 0 Å². The molecule has 17 heavy (non-hydrogen) atoms. The third kappa shape index (κ3) is 2.55. The molecule has 0 amide bonds. The van der Waals surface area contributed by atoms with Crippen LogP contribution in [0, 0.1) is 0 Å². The molecule has 85 valence electrons. The lowest BCUT2D eigenvalue weighted by atomic mass is 10.2. The van der Waals surface area contributed by atoms with Gasteiger partial charge in [-0.25, -0.2) is 0 Å². The second kappa shape index (κ2) is 4.57. The first kappa shape index (κ1) is 11.0. The molecule has 0 saturated carbocycles. The van der Waals surface area contributed by atoms with Crippen molar-refractivity contribution in [2.45, 2.75) is 0 Å². The molecule has 0 heterocycles. The third-order valence-electron chi connectivity index (χ3n) is 2.25. The summed E-state index contributed by atoms with van der Waals surface area (Å²) in [4.78, 5) is 10.6. The van der Waals surface area contributed by atoms with Crippen LogP contribution >= 0.6 is 0 Å². The van der Waals surface area contributed by atoms with E-state index < -0.39 is 0 Å². The molecule has 4 nitrogen and oxygen atoms in total. The van der Waals surface area contributed by atoms with Gasteiger partial charge in [0.25, 0.3) is 0 Å². The van der Waals surface area contributed by atoms with Gasteiger partial charge in [0.1, 0.15) is 11.5 Å². The van der Waals surface area contributed by atoms with Gasteiger partial charge in [-0.2, -0.15) is 0 Å². The van der Waals surface area contributed by atoms with Crippen LogP contribution in [0.2, 0.25) is 0 Å². The number of ether oxygens (including phenoxy) is 1. The number of anilines is 2. The van der Waals surface area contributed by atoms with E-state index >= 15 is 0 Å². The van der Waals surface area contributed by atoms with E-state index in [1.54, 1.807) is 48.8 Å². The molecule has 2 aromatic rings. The van der Waals surface area contributed by atoms with E-state index in [9.17, 15) is 4.79 Å². The molecule has 4 N–H and O–H groups in total. The quantitative estimate of drug-likeness (QED) is 0.787. The maximum Gasteiger partial charge on any atom is 0.235 e. The second-order valence-corrected chi connectivity index (χ2v) is 3.52. The van der Waals surface area contributed by atoms with Crippen molar-refractivity contribution in [2.75, 3.05) is 11.5 Å². The first-order valence-electron chi connectivity index (χ1n) is 5.00. The minimum atomic E-state index is 0.290. The maximum absolute atomic E-state index is 10.6. The summed E-state index contributed by atoms with van der Waals surface area (Å²) in [6.07, 6.45) is 1.76. The normalized spacial score (nSPS) is 9.88. The van der Waals surface area contributed by atoms with Crippen molar-refractivity contribution < 1.29 is 9.53 Å². The Kier molecular flexibility index (Phi) is 2.96. The van der Waals surface area contributed by atoms with Crippen LogP contribution in [0.5, 0.6) is 11.5 Å².